The van der Waals surface area contributed by atoms with Crippen molar-refractivity contribution in [3.8, 4) is 11.4 Å². The lowest BCUT2D eigenvalue weighted by atomic mass is 10.0. The first-order valence-corrected chi connectivity index (χ1v) is 9.10. The number of hydrogen-bond acceptors (Lipinski definition) is 5. The van der Waals surface area contributed by atoms with Crippen molar-refractivity contribution in [2.75, 3.05) is 20.3 Å². The maximum atomic E-state index is 13.9. The van der Waals surface area contributed by atoms with E-state index in [0.717, 1.165) is 11.3 Å². The molecule has 0 radical (unpaired) electrons. The number of methoxy groups -OCH3 is 1. The van der Waals surface area contributed by atoms with Crippen molar-refractivity contribution in [3.63, 3.8) is 0 Å². The number of nitrogens with zero attached hydrogens (tertiary/aromatic N) is 4. The van der Waals surface area contributed by atoms with Gasteiger partial charge in [-0.15, -0.1) is 0 Å². The fraction of sp³-hybridized carbons (Fsp3) is 0.350. The lowest BCUT2D eigenvalue weighted by Crippen LogP contribution is -2.36. The van der Waals surface area contributed by atoms with Crippen LogP contribution in [0.25, 0.3) is 11.4 Å². The largest absolute Gasteiger partial charge is 0.451 e. The van der Waals surface area contributed by atoms with Gasteiger partial charge in [-0.2, -0.15) is 5.10 Å². The van der Waals surface area contributed by atoms with E-state index in [1.54, 1.807) is 37.3 Å². The van der Waals surface area contributed by atoms with E-state index < -0.39 is 0 Å². The average Bonchev–Trinajstić information content (AvgIpc) is 3.35. The van der Waals surface area contributed by atoms with E-state index in [-0.39, 0.29) is 11.7 Å². The van der Waals surface area contributed by atoms with Crippen LogP contribution in [0.3, 0.4) is 0 Å². The molecular weight excluding hydrogens is 363 g/mol. The van der Waals surface area contributed by atoms with Gasteiger partial charge in [-0.05, 0) is 24.6 Å². The van der Waals surface area contributed by atoms with Gasteiger partial charge >= 0.3 is 0 Å². The predicted molar refractivity (Wildman–Crippen MR) is 99.2 cm³/mol. The standard InChI is InChI=1S/C20H21FN4O3/c1-13-3-4-14(9-16(13)21)20(26)24-6-5-18-15(10-24)19(17-11-28-12-22-17)23-25(18)7-8-27-2/h3-4,9,11-12H,5-8,10H2,1-2H3. The van der Waals surface area contributed by atoms with Gasteiger partial charge in [0.25, 0.3) is 5.91 Å². The summed E-state index contributed by atoms with van der Waals surface area (Å²) < 4.78 is 26.1. The molecule has 0 spiro atoms. The average molecular weight is 384 g/mol. The van der Waals surface area contributed by atoms with Gasteiger partial charge in [0.05, 0.1) is 19.7 Å². The van der Waals surface area contributed by atoms with Gasteiger partial charge in [0.2, 0.25) is 0 Å². The summed E-state index contributed by atoms with van der Waals surface area (Å²) in [5.74, 6) is -0.570. The second kappa shape index (κ2) is 7.55. The molecule has 1 aliphatic rings. The molecule has 1 aliphatic heterocycles. The summed E-state index contributed by atoms with van der Waals surface area (Å²) in [7, 11) is 1.65. The molecule has 3 aromatic rings. The smallest absolute Gasteiger partial charge is 0.254 e. The van der Waals surface area contributed by atoms with Gasteiger partial charge in [0.1, 0.15) is 23.5 Å². The molecule has 2 aromatic heterocycles. The zero-order chi connectivity index (χ0) is 19.7. The number of ether oxygens (including phenoxy) is 1. The lowest BCUT2D eigenvalue weighted by Gasteiger charge is -2.28. The number of oxazole rings is 1. The molecule has 1 aromatic carbocycles. The zero-order valence-electron chi connectivity index (χ0n) is 15.8. The highest BCUT2D eigenvalue weighted by Crippen LogP contribution is 2.30. The third-order valence-electron chi connectivity index (χ3n) is 5.02. The molecule has 0 saturated carbocycles. The molecule has 3 heterocycles. The quantitative estimate of drug-likeness (QED) is 0.676. The molecule has 146 valence electrons. The highest BCUT2D eigenvalue weighted by atomic mass is 19.1. The summed E-state index contributed by atoms with van der Waals surface area (Å²) in [5, 5.41) is 4.68. The molecule has 0 atom stereocenters. The number of carbonyl (C=O) groups excluding carboxylic acids is 1. The van der Waals surface area contributed by atoms with E-state index in [1.807, 2.05) is 4.68 Å². The van der Waals surface area contributed by atoms with Crippen molar-refractivity contribution in [3.05, 3.63) is 59.1 Å². The Morgan fingerprint density at radius 3 is 2.96 bits per heavy atom. The van der Waals surface area contributed by atoms with E-state index >= 15 is 0 Å². The van der Waals surface area contributed by atoms with Crippen molar-refractivity contribution >= 4 is 5.91 Å². The van der Waals surface area contributed by atoms with Crippen molar-refractivity contribution in [1.82, 2.24) is 19.7 Å². The molecule has 0 aliphatic carbocycles. The molecule has 4 rings (SSSR count). The van der Waals surface area contributed by atoms with Crippen LogP contribution in [0.15, 0.2) is 35.3 Å². The summed E-state index contributed by atoms with van der Waals surface area (Å²) in [6.45, 7) is 3.76. The minimum Gasteiger partial charge on any atom is -0.451 e. The Hall–Kier alpha value is -3.00. The van der Waals surface area contributed by atoms with Crippen molar-refractivity contribution in [2.24, 2.45) is 0 Å². The molecule has 0 N–H and O–H groups in total. The molecule has 7 nitrogen and oxygen atoms in total. The van der Waals surface area contributed by atoms with E-state index in [2.05, 4.69) is 10.1 Å². The van der Waals surface area contributed by atoms with Crippen LogP contribution in [0.4, 0.5) is 4.39 Å². The fourth-order valence-electron chi connectivity index (χ4n) is 3.47. The number of amides is 1. The maximum absolute atomic E-state index is 13.9. The Labute approximate surface area is 161 Å². The second-order valence-corrected chi connectivity index (χ2v) is 6.80. The molecule has 8 heteroatoms. The van der Waals surface area contributed by atoms with Gasteiger partial charge in [0.15, 0.2) is 6.39 Å². The van der Waals surface area contributed by atoms with Crippen molar-refractivity contribution in [2.45, 2.75) is 26.4 Å². The Balaban J connectivity index is 1.66. The SMILES string of the molecule is COCCn1nc(-c2cocn2)c2c1CCN(C(=O)c1ccc(C)c(F)c1)C2. The number of aryl methyl sites for hydroxylation is 1. The number of fused-ring (bicyclic) bond motifs is 1. The number of carbonyl (C=O) groups is 1. The summed E-state index contributed by atoms with van der Waals surface area (Å²) in [4.78, 5) is 18.9. The predicted octanol–water partition coefficient (Wildman–Crippen LogP) is 2.83. The number of aromatic nitrogens is 3. The monoisotopic (exact) mass is 384 g/mol. The lowest BCUT2D eigenvalue weighted by molar-refractivity contribution is 0.0732. The first-order valence-electron chi connectivity index (χ1n) is 9.10. The van der Waals surface area contributed by atoms with Crippen LogP contribution in [0.5, 0.6) is 0 Å². The third kappa shape index (κ3) is 3.31. The Morgan fingerprint density at radius 2 is 2.25 bits per heavy atom. The summed E-state index contributed by atoms with van der Waals surface area (Å²) in [6.07, 6.45) is 3.56. The van der Waals surface area contributed by atoms with E-state index in [4.69, 9.17) is 9.15 Å². The number of benzene rings is 1. The normalized spacial score (nSPS) is 13.6. The summed E-state index contributed by atoms with van der Waals surface area (Å²) in [5.41, 5.74) is 4.20. The Kier molecular flexibility index (Phi) is 4.95. The Bertz CT molecular complexity index is 997. The van der Waals surface area contributed by atoms with Crippen LogP contribution < -0.4 is 0 Å². The number of rotatable bonds is 5. The molecule has 0 fully saturated rings. The first kappa shape index (κ1) is 18.4. The Morgan fingerprint density at radius 1 is 1.39 bits per heavy atom. The van der Waals surface area contributed by atoms with Crippen LogP contribution in [-0.4, -0.2) is 45.8 Å². The summed E-state index contributed by atoms with van der Waals surface area (Å²) in [6, 6.07) is 4.59. The second-order valence-electron chi connectivity index (χ2n) is 6.80. The molecule has 0 unspecified atom stereocenters. The minimum absolute atomic E-state index is 0.194. The van der Waals surface area contributed by atoms with Crippen LogP contribution in [0.1, 0.15) is 27.2 Å². The topological polar surface area (TPSA) is 73.4 Å². The van der Waals surface area contributed by atoms with Crippen LogP contribution >= 0.6 is 0 Å². The van der Waals surface area contributed by atoms with Crippen LogP contribution in [-0.2, 0) is 24.2 Å². The van der Waals surface area contributed by atoms with E-state index in [9.17, 15) is 9.18 Å². The van der Waals surface area contributed by atoms with Crippen molar-refractivity contribution < 1.29 is 18.3 Å². The highest BCUT2D eigenvalue weighted by Gasteiger charge is 2.29. The minimum atomic E-state index is -0.376. The first-order chi connectivity index (χ1) is 13.6. The van der Waals surface area contributed by atoms with Gasteiger partial charge < -0.3 is 14.1 Å². The summed E-state index contributed by atoms with van der Waals surface area (Å²) >= 11 is 0. The van der Waals surface area contributed by atoms with Gasteiger partial charge in [-0.25, -0.2) is 9.37 Å². The molecule has 28 heavy (non-hydrogen) atoms. The number of halogens is 1. The van der Waals surface area contributed by atoms with Crippen LogP contribution in [0, 0.1) is 12.7 Å². The fourth-order valence-corrected chi connectivity index (χ4v) is 3.47. The maximum Gasteiger partial charge on any atom is 0.254 e. The number of hydrogen-bond donors (Lipinski definition) is 0. The van der Waals surface area contributed by atoms with Gasteiger partial charge in [-0.1, -0.05) is 6.07 Å². The van der Waals surface area contributed by atoms with Crippen LogP contribution in [0.2, 0.25) is 0 Å². The molecule has 0 bridgehead atoms. The van der Waals surface area contributed by atoms with E-state index in [1.165, 1.54) is 12.5 Å². The van der Waals surface area contributed by atoms with Crippen molar-refractivity contribution in [1.29, 1.82) is 0 Å². The van der Waals surface area contributed by atoms with Gasteiger partial charge in [-0.3, -0.25) is 9.48 Å². The zero-order valence-corrected chi connectivity index (χ0v) is 15.8. The molecule has 1 amide bonds. The highest BCUT2D eigenvalue weighted by molar-refractivity contribution is 5.94. The molecule has 0 saturated heterocycles. The third-order valence-corrected chi connectivity index (χ3v) is 5.02. The van der Waals surface area contributed by atoms with E-state index in [0.29, 0.717) is 55.2 Å². The molecular formula is C20H21FN4O3. The van der Waals surface area contributed by atoms with Gasteiger partial charge in [0, 0.05) is 36.9 Å².